The number of carbonyl (C=O) groups excluding carboxylic acids is 1. The molecule has 0 heterocycles. The van der Waals surface area contributed by atoms with Crippen LogP contribution < -0.4 is 0 Å². The smallest absolute Gasteiger partial charge is 0.309 e. The molecule has 1 aromatic carbocycles. The minimum absolute atomic E-state index is 0.226. The molecule has 5 heteroatoms. The standard InChI is InChI=1S/C14H20O4S/c1-5-18-14(15)12(4)9-19(16,17)13-7-6-10(2)8-11(13)3/h6-8,12H,5,9H2,1-4H3. The molecular formula is C14H20O4S. The van der Waals surface area contributed by atoms with E-state index in [1.54, 1.807) is 32.9 Å². The SMILES string of the molecule is CCOC(=O)C(C)CS(=O)(=O)c1ccc(C)cc1C. The molecule has 1 unspecified atom stereocenters. The zero-order chi connectivity index (χ0) is 14.6. The summed E-state index contributed by atoms with van der Waals surface area (Å²) >= 11 is 0. The summed E-state index contributed by atoms with van der Waals surface area (Å²) in [5.41, 5.74) is 1.71. The predicted octanol–water partition coefficient (Wildman–Crippen LogP) is 2.28. The minimum atomic E-state index is -3.47. The van der Waals surface area contributed by atoms with Crippen molar-refractivity contribution in [2.45, 2.75) is 32.6 Å². The van der Waals surface area contributed by atoms with Crippen LogP contribution in [0.5, 0.6) is 0 Å². The van der Waals surface area contributed by atoms with Gasteiger partial charge in [-0.15, -0.1) is 0 Å². The second kappa shape index (κ2) is 6.19. The topological polar surface area (TPSA) is 60.4 Å². The van der Waals surface area contributed by atoms with Crippen molar-refractivity contribution in [2.24, 2.45) is 5.92 Å². The molecule has 1 atom stereocenters. The van der Waals surface area contributed by atoms with Gasteiger partial charge < -0.3 is 4.74 Å². The maximum atomic E-state index is 12.3. The first-order valence-electron chi connectivity index (χ1n) is 6.24. The molecule has 19 heavy (non-hydrogen) atoms. The Morgan fingerprint density at radius 2 is 1.95 bits per heavy atom. The van der Waals surface area contributed by atoms with Gasteiger partial charge in [0.25, 0.3) is 0 Å². The first kappa shape index (κ1) is 15.7. The highest BCUT2D eigenvalue weighted by molar-refractivity contribution is 7.91. The lowest BCUT2D eigenvalue weighted by atomic mass is 10.2. The van der Waals surface area contributed by atoms with E-state index in [-0.39, 0.29) is 17.3 Å². The lowest BCUT2D eigenvalue weighted by Gasteiger charge is -2.13. The molecule has 0 radical (unpaired) electrons. The van der Waals surface area contributed by atoms with Gasteiger partial charge in [-0.2, -0.15) is 0 Å². The Balaban J connectivity index is 2.95. The molecule has 0 aliphatic rings. The Morgan fingerprint density at radius 1 is 1.32 bits per heavy atom. The van der Waals surface area contributed by atoms with Crippen LogP contribution in [0, 0.1) is 19.8 Å². The highest BCUT2D eigenvalue weighted by atomic mass is 32.2. The normalized spacial score (nSPS) is 13.1. The van der Waals surface area contributed by atoms with E-state index in [4.69, 9.17) is 4.74 Å². The molecule has 0 aromatic heterocycles. The van der Waals surface area contributed by atoms with Crippen LogP contribution in [0.1, 0.15) is 25.0 Å². The molecule has 1 aromatic rings. The first-order valence-corrected chi connectivity index (χ1v) is 7.89. The Morgan fingerprint density at radius 3 is 2.47 bits per heavy atom. The molecule has 0 amide bonds. The number of benzene rings is 1. The van der Waals surface area contributed by atoms with Crippen LogP contribution in [0.25, 0.3) is 0 Å². The van der Waals surface area contributed by atoms with Gasteiger partial charge in [0.05, 0.1) is 23.2 Å². The molecular weight excluding hydrogens is 264 g/mol. The second-order valence-corrected chi connectivity index (χ2v) is 6.71. The van der Waals surface area contributed by atoms with Crippen molar-refractivity contribution in [1.29, 1.82) is 0 Å². The Bertz CT molecular complexity index is 561. The highest BCUT2D eigenvalue weighted by Gasteiger charge is 2.25. The first-order chi connectivity index (χ1) is 8.77. The number of ether oxygens (including phenoxy) is 1. The van der Waals surface area contributed by atoms with Crippen molar-refractivity contribution in [1.82, 2.24) is 0 Å². The van der Waals surface area contributed by atoms with Gasteiger partial charge in [-0.05, 0) is 32.4 Å². The third-order valence-electron chi connectivity index (χ3n) is 2.82. The molecule has 1 rings (SSSR count). The van der Waals surface area contributed by atoms with Crippen molar-refractivity contribution >= 4 is 15.8 Å². The third kappa shape index (κ3) is 4.06. The number of rotatable bonds is 5. The average molecular weight is 284 g/mol. The molecule has 0 saturated carbocycles. The molecule has 106 valence electrons. The molecule has 0 spiro atoms. The molecule has 4 nitrogen and oxygen atoms in total. The number of sulfone groups is 1. The van der Waals surface area contributed by atoms with Crippen LogP contribution in [0.3, 0.4) is 0 Å². The van der Waals surface area contributed by atoms with E-state index < -0.39 is 21.7 Å². The lowest BCUT2D eigenvalue weighted by molar-refractivity contribution is -0.146. The van der Waals surface area contributed by atoms with Gasteiger partial charge >= 0.3 is 5.97 Å². The monoisotopic (exact) mass is 284 g/mol. The number of carbonyl (C=O) groups is 1. The zero-order valence-corrected chi connectivity index (χ0v) is 12.6. The number of hydrogen-bond donors (Lipinski definition) is 0. The quantitative estimate of drug-likeness (QED) is 0.778. The van der Waals surface area contributed by atoms with Crippen LogP contribution in [-0.2, 0) is 19.4 Å². The van der Waals surface area contributed by atoms with Gasteiger partial charge in [-0.3, -0.25) is 4.79 Å². The van der Waals surface area contributed by atoms with Crippen LogP contribution in [0.15, 0.2) is 23.1 Å². The number of hydrogen-bond acceptors (Lipinski definition) is 4. The summed E-state index contributed by atoms with van der Waals surface area (Å²) in [7, 11) is -3.47. The van der Waals surface area contributed by atoms with Crippen LogP contribution in [-0.4, -0.2) is 26.7 Å². The van der Waals surface area contributed by atoms with Crippen molar-refractivity contribution < 1.29 is 17.9 Å². The van der Waals surface area contributed by atoms with E-state index in [2.05, 4.69) is 0 Å². The fourth-order valence-electron chi connectivity index (χ4n) is 1.92. The van der Waals surface area contributed by atoms with Gasteiger partial charge in [0.2, 0.25) is 0 Å². The largest absolute Gasteiger partial charge is 0.466 e. The van der Waals surface area contributed by atoms with E-state index in [1.165, 1.54) is 0 Å². The third-order valence-corrected chi connectivity index (χ3v) is 4.89. The summed E-state index contributed by atoms with van der Waals surface area (Å²) in [6.07, 6.45) is 0. The minimum Gasteiger partial charge on any atom is -0.466 e. The van der Waals surface area contributed by atoms with Crippen molar-refractivity contribution in [3.8, 4) is 0 Å². The molecule has 0 saturated heterocycles. The summed E-state index contributed by atoms with van der Waals surface area (Å²) < 4.78 is 29.4. The van der Waals surface area contributed by atoms with Crippen LogP contribution >= 0.6 is 0 Å². The van der Waals surface area contributed by atoms with E-state index in [0.717, 1.165) is 5.56 Å². The van der Waals surface area contributed by atoms with Crippen LogP contribution in [0.2, 0.25) is 0 Å². The summed E-state index contributed by atoms with van der Waals surface area (Å²) in [5.74, 6) is -1.36. The fraction of sp³-hybridized carbons (Fsp3) is 0.500. The van der Waals surface area contributed by atoms with Gasteiger partial charge in [-0.1, -0.05) is 24.6 Å². The molecule has 0 N–H and O–H groups in total. The molecule has 0 bridgehead atoms. The van der Waals surface area contributed by atoms with E-state index >= 15 is 0 Å². The van der Waals surface area contributed by atoms with Crippen molar-refractivity contribution in [2.75, 3.05) is 12.4 Å². The molecule has 0 fully saturated rings. The summed E-state index contributed by atoms with van der Waals surface area (Å²) in [6.45, 7) is 7.19. The van der Waals surface area contributed by atoms with Gasteiger partial charge in [0, 0.05) is 0 Å². The highest BCUT2D eigenvalue weighted by Crippen LogP contribution is 2.20. The van der Waals surface area contributed by atoms with Gasteiger partial charge in [0.1, 0.15) is 0 Å². The zero-order valence-electron chi connectivity index (χ0n) is 11.8. The van der Waals surface area contributed by atoms with E-state index in [9.17, 15) is 13.2 Å². The van der Waals surface area contributed by atoms with Crippen molar-refractivity contribution in [3.63, 3.8) is 0 Å². The van der Waals surface area contributed by atoms with E-state index in [1.807, 2.05) is 13.0 Å². The van der Waals surface area contributed by atoms with Gasteiger partial charge in [0.15, 0.2) is 9.84 Å². The number of esters is 1. The molecule has 0 aliphatic carbocycles. The van der Waals surface area contributed by atoms with Gasteiger partial charge in [-0.25, -0.2) is 8.42 Å². The van der Waals surface area contributed by atoms with Crippen molar-refractivity contribution in [3.05, 3.63) is 29.3 Å². The fourth-order valence-corrected chi connectivity index (χ4v) is 3.72. The summed E-state index contributed by atoms with van der Waals surface area (Å²) in [6, 6.07) is 5.18. The summed E-state index contributed by atoms with van der Waals surface area (Å²) in [4.78, 5) is 11.8. The summed E-state index contributed by atoms with van der Waals surface area (Å²) in [5, 5.41) is 0. The maximum absolute atomic E-state index is 12.3. The maximum Gasteiger partial charge on any atom is 0.309 e. The Kier molecular flexibility index (Phi) is 5.11. The van der Waals surface area contributed by atoms with E-state index in [0.29, 0.717) is 5.56 Å². The molecule has 0 aliphatic heterocycles. The predicted molar refractivity (Wildman–Crippen MR) is 73.8 cm³/mol. The second-order valence-electron chi connectivity index (χ2n) is 4.70. The average Bonchev–Trinajstić information content (AvgIpc) is 2.27. The lowest BCUT2D eigenvalue weighted by Crippen LogP contribution is -2.24. The Labute approximate surface area is 114 Å². The Hall–Kier alpha value is -1.36. The number of aryl methyl sites for hydroxylation is 2. The van der Waals surface area contributed by atoms with Crippen LogP contribution in [0.4, 0.5) is 0 Å².